The van der Waals surface area contributed by atoms with E-state index in [0.29, 0.717) is 11.1 Å². The number of likely N-dealkylation sites (tertiary alicyclic amines) is 1. The summed E-state index contributed by atoms with van der Waals surface area (Å²) in [5.74, 6) is 0.712. The third-order valence-corrected chi connectivity index (χ3v) is 5.43. The Balaban J connectivity index is 1.72. The number of piperidine rings is 1. The smallest absolute Gasteiger partial charge is 0.269 e. The summed E-state index contributed by atoms with van der Waals surface area (Å²) < 4.78 is 0. The molecule has 5 nitrogen and oxygen atoms in total. The minimum absolute atomic E-state index is 0.145. The second-order valence-corrected chi connectivity index (χ2v) is 8.24. The first kappa shape index (κ1) is 19.7. The molecule has 0 saturated carbocycles. The predicted molar refractivity (Wildman–Crippen MR) is 104 cm³/mol. The zero-order valence-electron chi connectivity index (χ0n) is 16.5. The van der Waals surface area contributed by atoms with E-state index in [-0.39, 0.29) is 5.91 Å². The number of hydrogen-bond donors (Lipinski definition) is 1. The van der Waals surface area contributed by atoms with Crippen LogP contribution >= 0.6 is 0 Å². The summed E-state index contributed by atoms with van der Waals surface area (Å²) in [6.07, 6.45) is 5.57. The zero-order valence-corrected chi connectivity index (χ0v) is 16.5. The number of nitrogens with one attached hydrogen (secondary N) is 1. The van der Waals surface area contributed by atoms with Crippen molar-refractivity contribution in [3.8, 4) is 0 Å². The van der Waals surface area contributed by atoms with Crippen LogP contribution in [0.1, 0.15) is 50.5 Å². The van der Waals surface area contributed by atoms with Crippen molar-refractivity contribution < 1.29 is 4.79 Å². The number of aromatic nitrogens is 1. The molecule has 0 aromatic carbocycles. The predicted octanol–water partition coefficient (Wildman–Crippen LogP) is 3.03. The molecule has 0 spiro atoms. The van der Waals surface area contributed by atoms with Crippen molar-refractivity contribution in [3.63, 3.8) is 0 Å². The van der Waals surface area contributed by atoms with Crippen LogP contribution in [0.25, 0.3) is 0 Å². The third-order valence-electron chi connectivity index (χ3n) is 5.43. The Hall–Kier alpha value is -1.62. The van der Waals surface area contributed by atoms with E-state index in [2.05, 4.69) is 47.9 Å². The van der Waals surface area contributed by atoms with E-state index in [1.165, 1.54) is 25.9 Å². The van der Waals surface area contributed by atoms with E-state index >= 15 is 0 Å². The molecule has 5 heteroatoms. The topological polar surface area (TPSA) is 48.5 Å². The summed E-state index contributed by atoms with van der Waals surface area (Å²) >= 11 is 0. The molecule has 0 unspecified atom stereocenters. The minimum atomic E-state index is -0.145. The number of rotatable bonds is 6. The number of nitrogens with zero attached hydrogens (tertiary/aromatic N) is 3. The molecule has 1 N–H and O–H groups in total. The van der Waals surface area contributed by atoms with Crippen molar-refractivity contribution in [2.75, 3.05) is 45.2 Å². The second kappa shape index (κ2) is 8.65. The van der Waals surface area contributed by atoms with Crippen LogP contribution in [0.2, 0.25) is 0 Å². The van der Waals surface area contributed by atoms with Gasteiger partial charge < -0.3 is 15.1 Å². The molecule has 0 radical (unpaired) electrons. The molecule has 1 fully saturated rings. The molecule has 1 aliphatic rings. The van der Waals surface area contributed by atoms with Crippen LogP contribution in [0.5, 0.6) is 0 Å². The van der Waals surface area contributed by atoms with Gasteiger partial charge in [0.15, 0.2) is 0 Å². The van der Waals surface area contributed by atoms with Crippen LogP contribution in [0.3, 0.4) is 0 Å². The molecule has 1 aliphatic heterocycles. The van der Waals surface area contributed by atoms with Gasteiger partial charge in [0.2, 0.25) is 0 Å². The highest BCUT2D eigenvalue weighted by molar-refractivity contribution is 5.92. The van der Waals surface area contributed by atoms with Crippen molar-refractivity contribution in [1.82, 2.24) is 15.2 Å². The summed E-state index contributed by atoms with van der Waals surface area (Å²) in [5.41, 5.74) is 1.96. The highest BCUT2D eigenvalue weighted by atomic mass is 16.1. The van der Waals surface area contributed by atoms with Gasteiger partial charge in [-0.1, -0.05) is 20.8 Å². The highest BCUT2D eigenvalue weighted by Crippen LogP contribution is 2.34. The molecule has 1 aromatic heterocycles. The van der Waals surface area contributed by atoms with Crippen LogP contribution in [0.4, 0.5) is 5.69 Å². The fourth-order valence-corrected chi connectivity index (χ4v) is 3.56. The minimum Gasteiger partial charge on any atom is -0.373 e. The van der Waals surface area contributed by atoms with E-state index in [4.69, 9.17) is 0 Å². The number of pyridine rings is 1. The number of carbonyl (C=O) groups excluding carboxylic acids is 1. The van der Waals surface area contributed by atoms with Crippen LogP contribution in [0, 0.1) is 11.3 Å². The summed E-state index contributed by atoms with van der Waals surface area (Å²) in [4.78, 5) is 20.6. The number of hydrogen-bond acceptors (Lipinski definition) is 4. The van der Waals surface area contributed by atoms with Crippen molar-refractivity contribution in [2.45, 2.75) is 40.0 Å². The molecule has 2 rings (SSSR count). The van der Waals surface area contributed by atoms with Gasteiger partial charge in [0.1, 0.15) is 5.69 Å². The molecule has 2 heterocycles. The molecule has 1 amide bonds. The Bertz CT molecular complexity index is 542. The fraction of sp³-hybridized carbons (Fsp3) is 0.700. The van der Waals surface area contributed by atoms with Gasteiger partial charge in [-0.05, 0) is 62.4 Å². The van der Waals surface area contributed by atoms with Crippen molar-refractivity contribution in [3.05, 3.63) is 24.0 Å². The lowest BCUT2D eigenvalue weighted by Gasteiger charge is -2.39. The number of carbonyl (C=O) groups is 1. The Morgan fingerprint density at radius 3 is 2.52 bits per heavy atom. The lowest BCUT2D eigenvalue weighted by atomic mass is 9.75. The monoisotopic (exact) mass is 346 g/mol. The standard InChI is InChI=1S/C20H34N4O/c1-20(2,3)16-9-13-24(14-10-16)12-6-11-23(5)17-7-8-18(22-15-17)19(25)21-4/h7-8,15-16H,6,9-14H2,1-5H3,(H,21,25). The number of amides is 1. The summed E-state index contributed by atoms with van der Waals surface area (Å²) in [5, 5.41) is 2.59. The Morgan fingerprint density at radius 1 is 1.32 bits per heavy atom. The summed E-state index contributed by atoms with van der Waals surface area (Å²) in [6.45, 7) is 11.7. The van der Waals surface area contributed by atoms with Gasteiger partial charge >= 0.3 is 0 Å². The van der Waals surface area contributed by atoms with Crippen LogP contribution in [0.15, 0.2) is 18.3 Å². The fourth-order valence-electron chi connectivity index (χ4n) is 3.56. The number of anilines is 1. The quantitative estimate of drug-likeness (QED) is 0.860. The Labute approximate surface area is 152 Å². The van der Waals surface area contributed by atoms with Crippen LogP contribution in [-0.4, -0.2) is 56.1 Å². The maximum Gasteiger partial charge on any atom is 0.269 e. The second-order valence-electron chi connectivity index (χ2n) is 8.24. The largest absolute Gasteiger partial charge is 0.373 e. The van der Waals surface area contributed by atoms with Crippen molar-refractivity contribution >= 4 is 11.6 Å². The SMILES string of the molecule is CNC(=O)c1ccc(N(C)CCCN2CCC(C(C)(C)C)CC2)cn1. The average molecular weight is 347 g/mol. The summed E-state index contributed by atoms with van der Waals surface area (Å²) in [6, 6.07) is 3.74. The lowest BCUT2D eigenvalue weighted by Crippen LogP contribution is -2.39. The van der Waals surface area contributed by atoms with Crippen molar-refractivity contribution in [1.29, 1.82) is 0 Å². The molecule has 0 aliphatic carbocycles. The third kappa shape index (κ3) is 5.70. The van der Waals surface area contributed by atoms with Crippen LogP contribution < -0.4 is 10.2 Å². The highest BCUT2D eigenvalue weighted by Gasteiger charge is 2.28. The van der Waals surface area contributed by atoms with Crippen LogP contribution in [-0.2, 0) is 0 Å². The first-order chi connectivity index (χ1) is 11.8. The molecular weight excluding hydrogens is 312 g/mol. The van der Waals surface area contributed by atoms with Gasteiger partial charge in [0, 0.05) is 20.6 Å². The maximum atomic E-state index is 11.5. The molecule has 1 aromatic rings. The molecule has 25 heavy (non-hydrogen) atoms. The Kier molecular flexibility index (Phi) is 6.82. The first-order valence-corrected chi connectivity index (χ1v) is 9.43. The molecular formula is C20H34N4O. The van der Waals surface area contributed by atoms with Gasteiger partial charge in [-0.2, -0.15) is 0 Å². The summed E-state index contributed by atoms with van der Waals surface area (Å²) in [7, 11) is 3.71. The molecule has 140 valence electrons. The van der Waals surface area contributed by atoms with E-state index in [9.17, 15) is 4.79 Å². The van der Waals surface area contributed by atoms with Gasteiger partial charge in [-0.25, -0.2) is 4.98 Å². The van der Waals surface area contributed by atoms with Gasteiger partial charge in [0.25, 0.3) is 5.91 Å². The van der Waals surface area contributed by atoms with Gasteiger partial charge in [0.05, 0.1) is 11.9 Å². The normalized spacial score (nSPS) is 16.7. The van der Waals surface area contributed by atoms with E-state index in [1.54, 1.807) is 19.3 Å². The molecule has 1 saturated heterocycles. The molecule has 0 bridgehead atoms. The van der Waals surface area contributed by atoms with E-state index in [1.807, 2.05) is 6.07 Å². The van der Waals surface area contributed by atoms with Crippen molar-refractivity contribution in [2.24, 2.45) is 11.3 Å². The first-order valence-electron chi connectivity index (χ1n) is 9.43. The zero-order chi connectivity index (χ0) is 18.4. The van der Waals surface area contributed by atoms with Gasteiger partial charge in [-0.3, -0.25) is 4.79 Å². The molecule has 0 atom stereocenters. The van der Waals surface area contributed by atoms with E-state index < -0.39 is 0 Å². The Morgan fingerprint density at radius 2 is 2.00 bits per heavy atom. The lowest BCUT2D eigenvalue weighted by molar-refractivity contribution is 0.0958. The average Bonchev–Trinajstić information content (AvgIpc) is 2.60. The maximum absolute atomic E-state index is 11.5. The van der Waals surface area contributed by atoms with Gasteiger partial charge in [-0.15, -0.1) is 0 Å². The van der Waals surface area contributed by atoms with E-state index in [0.717, 1.165) is 31.1 Å².